The topological polar surface area (TPSA) is 96.2 Å². The second kappa shape index (κ2) is 8.42. The van der Waals surface area contributed by atoms with Crippen LogP contribution in [0.5, 0.6) is 5.88 Å². The Morgan fingerprint density at radius 3 is 2.62 bits per heavy atom. The van der Waals surface area contributed by atoms with Gasteiger partial charge in [0.2, 0.25) is 5.88 Å². The van der Waals surface area contributed by atoms with Crippen LogP contribution in [0.25, 0.3) is 11.1 Å². The normalized spacial score (nSPS) is 16.8. The summed E-state index contributed by atoms with van der Waals surface area (Å²) >= 11 is 0. The summed E-state index contributed by atoms with van der Waals surface area (Å²) in [7, 11) is -2.36. The van der Waals surface area contributed by atoms with E-state index in [4.69, 9.17) is 4.74 Å². The fraction of sp³-hybridized carbons (Fsp3) is 0.160. The number of sulfonamides is 1. The quantitative estimate of drug-likeness (QED) is 0.575. The van der Waals surface area contributed by atoms with E-state index in [9.17, 15) is 8.42 Å². The highest BCUT2D eigenvalue weighted by molar-refractivity contribution is 7.92. The van der Waals surface area contributed by atoms with Crippen LogP contribution in [0.2, 0.25) is 0 Å². The second-order valence-electron chi connectivity index (χ2n) is 8.03. The maximum atomic E-state index is 12.9. The third-order valence-corrected chi connectivity index (χ3v) is 6.99. The predicted molar refractivity (Wildman–Crippen MR) is 135 cm³/mol. The van der Waals surface area contributed by atoms with E-state index in [1.54, 1.807) is 36.7 Å². The molecule has 1 N–H and O–H groups in total. The minimum atomic E-state index is -3.81. The van der Waals surface area contributed by atoms with Crippen molar-refractivity contribution in [1.29, 1.82) is 0 Å². The number of pyridine rings is 1. The zero-order valence-corrected chi connectivity index (χ0v) is 19.7. The molecule has 0 amide bonds. The lowest BCUT2D eigenvalue weighted by molar-refractivity contribution is 0.400. The number of fused-ring (bicyclic) bond motifs is 3. The molecule has 2 aliphatic heterocycles. The van der Waals surface area contributed by atoms with Crippen LogP contribution in [0.15, 0.2) is 87.4 Å². The molecule has 9 heteroatoms. The lowest BCUT2D eigenvalue weighted by Gasteiger charge is -2.33. The number of methoxy groups -OCH3 is 1. The average molecular weight is 474 g/mol. The van der Waals surface area contributed by atoms with Crippen molar-refractivity contribution in [1.82, 2.24) is 4.98 Å². The Balaban J connectivity index is 1.54. The summed E-state index contributed by atoms with van der Waals surface area (Å²) in [5.41, 5.74) is 4.65. The van der Waals surface area contributed by atoms with Gasteiger partial charge in [0.15, 0.2) is 5.84 Å². The number of allylic oxidation sites excluding steroid dienone is 1. The van der Waals surface area contributed by atoms with Crippen molar-refractivity contribution in [2.75, 3.05) is 16.7 Å². The van der Waals surface area contributed by atoms with E-state index in [1.807, 2.05) is 32.0 Å². The van der Waals surface area contributed by atoms with Crippen LogP contribution in [-0.2, 0) is 10.0 Å². The number of ether oxygens (including phenoxy) is 1. The Labute approximate surface area is 198 Å². The van der Waals surface area contributed by atoms with Crippen molar-refractivity contribution in [3.05, 3.63) is 72.6 Å². The maximum absolute atomic E-state index is 12.9. The molecule has 3 aromatic rings. The van der Waals surface area contributed by atoms with Crippen molar-refractivity contribution >= 4 is 39.1 Å². The maximum Gasteiger partial charge on any atom is 0.262 e. The molecule has 1 aromatic heterocycles. The van der Waals surface area contributed by atoms with Crippen molar-refractivity contribution in [2.24, 2.45) is 9.98 Å². The van der Waals surface area contributed by atoms with E-state index in [0.717, 1.165) is 34.0 Å². The molecule has 0 saturated heterocycles. The third-order valence-electron chi connectivity index (χ3n) is 5.61. The lowest BCUT2D eigenvalue weighted by Crippen LogP contribution is -2.36. The van der Waals surface area contributed by atoms with Crippen LogP contribution < -0.4 is 14.4 Å². The average Bonchev–Trinajstić information content (AvgIpc) is 2.83. The van der Waals surface area contributed by atoms with Crippen LogP contribution in [0.4, 0.5) is 17.1 Å². The van der Waals surface area contributed by atoms with Gasteiger partial charge in [-0.3, -0.25) is 19.6 Å². The number of nitrogens with zero attached hydrogens (tertiary/aromatic N) is 4. The minimum absolute atomic E-state index is 0.0911. The number of amidine groups is 1. The van der Waals surface area contributed by atoms with Crippen molar-refractivity contribution < 1.29 is 13.2 Å². The van der Waals surface area contributed by atoms with Gasteiger partial charge in [0.05, 0.1) is 35.6 Å². The number of nitrogens with one attached hydrogen (secondary N) is 1. The summed E-state index contributed by atoms with van der Waals surface area (Å²) in [6.45, 7) is 4.08. The highest BCUT2D eigenvalue weighted by atomic mass is 32.2. The fourth-order valence-electron chi connectivity index (χ4n) is 4.08. The molecule has 0 spiro atoms. The number of hydrogen-bond donors (Lipinski definition) is 1. The standard InChI is InChI=1S/C25H23N5O3S/c1-16-11-17(2)30-23-13-18(9-10-21(23)26-15-24(30)28-16)19-12-22(25(33-3)27-14-19)29-34(31,32)20-7-5-4-6-8-20/h4-16,29H,1-3H3. The number of aliphatic imine (C=N–C) groups is 2. The molecule has 2 aromatic carbocycles. The summed E-state index contributed by atoms with van der Waals surface area (Å²) in [5, 5.41) is 0. The Bertz CT molecular complexity index is 1460. The first kappa shape index (κ1) is 21.8. The first-order chi connectivity index (χ1) is 16.4. The minimum Gasteiger partial charge on any atom is -0.480 e. The van der Waals surface area contributed by atoms with Gasteiger partial charge in [-0.05, 0) is 55.8 Å². The largest absolute Gasteiger partial charge is 0.480 e. The highest BCUT2D eigenvalue weighted by Gasteiger charge is 2.26. The van der Waals surface area contributed by atoms with Crippen LogP contribution >= 0.6 is 0 Å². The summed E-state index contributed by atoms with van der Waals surface area (Å²) in [5.74, 6) is 0.977. The second-order valence-corrected chi connectivity index (χ2v) is 9.71. The zero-order valence-electron chi connectivity index (χ0n) is 18.9. The van der Waals surface area contributed by atoms with Gasteiger partial charge in [-0.15, -0.1) is 0 Å². The van der Waals surface area contributed by atoms with E-state index < -0.39 is 10.0 Å². The van der Waals surface area contributed by atoms with Crippen LogP contribution in [-0.4, -0.2) is 38.6 Å². The summed E-state index contributed by atoms with van der Waals surface area (Å²) in [6.07, 6.45) is 5.54. The van der Waals surface area contributed by atoms with Crippen LogP contribution in [0.3, 0.4) is 0 Å². The number of hydrogen-bond acceptors (Lipinski definition) is 7. The summed E-state index contributed by atoms with van der Waals surface area (Å²) in [6, 6.07) is 15.9. The number of rotatable bonds is 5. The zero-order chi connectivity index (χ0) is 23.9. The monoisotopic (exact) mass is 473 g/mol. The number of benzene rings is 2. The van der Waals surface area contributed by atoms with Crippen molar-refractivity contribution in [2.45, 2.75) is 24.8 Å². The van der Waals surface area contributed by atoms with Gasteiger partial charge < -0.3 is 4.74 Å². The molecule has 8 nitrogen and oxygen atoms in total. The van der Waals surface area contributed by atoms with Gasteiger partial charge in [-0.2, -0.15) is 0 Å². The molecule has 172 valence electrons. The molecule has 34 heavy (non-hydrogen) atoms. The molecule has 0 fully saturated rings. The third kappa shape index (κ3) is 3.94. The molecule has 1 unspecified atom stereocenters. The Morgan fingerprint density at radius 1 is 1.06 bits per heavy atom. The van der Waals surface area contributed by atoms with E-state index >= 15 is 0 Å². The molecular weight excluding hydrogens is 450 g/mol. The van der Waals surface area contributed by atoms with E-state index in [-0.39, 0.29) is 22.5 Å². The van der Waals surface area contributed by atoms with Gasteiger partial charge in [-0.1, -0.05) is 24.3 Å². The molecule has 0 radical (unpaired) electrons. The van der Waals surface area contributed by atoms with E-state index in [0.29, 0.717) is 0 Å². The molecule has 0 saturated carbocycles. The van der Waals surface area contributed by atoms with Gasteiger partial charge in [0.1, 0.15) is 5.69 Å². The van der Waals surface area contributed by atoms with Gasteiger partial charge >= 0.3 is 0 Å². The molecule has 0 aliphatic carbocycles. The number of aromatic nitrogens is 1. The summed E-state index contributed by atoms with van der Waals surface area (Å²) < 4.78 is 33.7. The predicted octanol–water partition coefficient (Wildman–Crippen LogP) is 4.78. The molecular formula is C25H23N5O3S. The van der Waals surface area contributed by atoms with Crippen LogP contribution in [0.1, 0.15) is 13.8 Å². The first-order valence-corrected chi connectivity index (χ1v) is 12.2. The lowest BCUT2D eigenvalue weighted by atomic mass is 10.0. The van der Waals surface area contributed by atoms with Crippen molar-refractivity contribution in [3.8, 4) is 17.0 Å². The SMILES string of the molecule is COc1ncc(-c2ccc3c(c2)N2C(C)=CC(C)N=C2C=N3)cc1NS(=O)(=O)c1ccccc1. The Kier molecular flexibility index (Phi) is 5.41. The van der Waals surface area contributed by atoms with E-state index in [1.165, 1.54) is 19.2 Å². The van der Waals surface area contributed by atoms with E-state index in [2.05, 4.69) is 30.7 Å². The van der Waals surface area contributed by atoms with Gasteiger partial charge in [0.25, 0.3) is 10.0 Å². The highest BCUT2D eigenvalue weighted by Crippen LogP contribution is 2.39. The molecule has 1 atom stereocenters. The molecule has 0 bridgehead atoms. The Hall–Kier alpha value is -3.98. The van der Waals surface area contributed by atoms with Crippen LogP contribution in [0, 0.1) is 0 Å². The molecule has 2 aliphatic rings. The smallest absolute Gasteiger partial charge is 0.262 e. The number of anilines is 2. The summed E-state index contributed by atoms with van der Waals surface area (Å²) in [4.78, 5) is 15.8. The molecule has 3 heterocycles. The molecule has 5 rings (SSSR count). The fourth-order valence-corrected chi connectivity index (χ4v) is 5.15. The van der Waals surface area contributed by atoms with Gasteiger partial charge in [0, 0.05) is 17.5 Å². The van der Waals surface area contributed by atoms with Gasteiger partial charge in [-0.25, -0.2) is 13.4 Å². The Morgan fingerprint density at radius 2 is 1.85 bits per heavy atom. The first-order valence-electron chi connectivity index (χ1n) is 10.7. The van der Waals surface area contributed by atoms with Crippen molar-refractivity contribution in [3.63, 3.8) is 0 Å².